The first-order chi connectivity index (χ1) is 7.51. The van der Waals surface area contributed by atoms with E-state index in [-0.39, 0.29) is 16.8 Å². The molecular weight excluding hydrogens is 218 g/mol. The van der Waals surface area contributed by atoms with Crippen molar-refractivity contribution in [2.75, 3.05) is 7.11 Å². The van der Waals surface area contributed by atoms with E-state index in [1.54, 1.807) is 6.07 Å². The van der Waals surface area contributed by atoms with Crippen LogP contribution in [0.5, 0.6) is 0 Å². The SMILES string of the molecule is COC(=O)c1cc(C#N)c(C)nc1C(F)F. The first-order valence-corrected chi connectivity index (χ1v) is 4.29. The third-order valence-corrected chi connectivity index (χ3v) is 1.98. The molecule has 0 saturated heterocycles. The van der Waals surface area contributed by atoms with Gasteiger partial charge in [-0.25, -0.2) is 18.6 Å². The smallest absolute Gasteiger partial charge is 0.339 e. The van der Waals surface area contributed by atoms with Crippen molar-refractivity contribution in [1.29, 1.82) is 5.26 Å². The number of rotatable bonds is 2. The van der Waals surface area contributed by atoms with Crippen LogP contribution in [0.25, 0.3) is 0 Å². The van der Waals surface area contributed by atoms with Gasteiger partial charge in [-0.15, -0.1) is 0 Å². The van der Waals surface area contributed by atoms with Crippen molar-refractivity contribution in [3.05, 3.63) is 28.6 Å². The maximum absolute atomic E-state index is 12.6. The number of halogens is 2. The van der Waals surface area contributed by atoms with Crippen molar-refractivity contribution >= 4 is 5.97 Å². The van der Waals surface area contributed by atoms with E-state index in [4.69, 9.17) is 5.26 Å². The molecule has 16 heavy (non-hydrogen) atoms. The van der Waals surface area contributed by atoms with Crippen LogP contribution >= 0.6 is 0 Å². The van der Waals surface area contributed by atoms with Gasteiger partial charge < -0.3 is 4.74 Å². The lowest BCUT2D eigenvalue weighted by Crippen LogP contribution is -2.10. The van der Waals surface area contributed by atoms with E-state index < -0.39 is 18.1 Å². The maximum Gasteiger partial charge on any atom is 0.339 e. The summed E-state index contributed by atoms with van der Waals surface area (Å²) in [6, 6.07) is 2.83. The summed E-state index contributed by atoms with van der Waals surface area (Å²) >= 11 is 0. The van der Waals surface area contributed by atoms with E-state index in [0.717, 1.165) is 13.2 Å². The lowest BCUT2D eigenvalue weighted by Gasteiger charge is -2.08. The molecule has 1 rings (SSSR count). The summed E-state index contributed by atoms with van der Waals surface area (Å²) < 4.78 is 29.5. The highest BCUT2D eigenvalue weighted by Crippen LogP contribution is 2.23. The van der Waals surface area contributed by atoms with Gasteiger partial charge in [-0.1, -0.05) is 0 Å². The summed E-state index contributed by atoms with van der Waals surface area (Å²) in [5.41, 5.74) is -0.807. The fourth-order valence-electron chi connectivity index (χ4n) is 1.18. The summed E-state index contributed by atoms with van der Waals surface area (Å²) in [4.78, 5) is 14.8. The number of aryl methyl sites for hydroxylation is 1. The molecule has 1 aromatic rings. The van der Waals surface area contributed by atoms with Crippen LogP contribution in [0.3, 0.4) is 0 Å². The summed E-state index contributed by atoms with van der Waals surface area (Å²) in [5, 5.41) is 8.70. The summed E-state index contributed by atoms with van der Waals surface area (Å²) in [5.74, 6) is -0.931. The fourth-order valence-corrected chi connectivity index (χ4v) is 1.18. The zero-order chi connectivity index (χ0) is 12.3. The molecule has 0 N–H and O–H groups in total. The minimum atomic E-state index is -2.89. The van der Waals surface area contributed by atoms with Gasteiger partial charge in [0.2, 0.25) is 0 Å². The molecule has 1 heterocycles. The molecule has 0 aromatic carbocycles. The number of hydrogen-bond donors (Lipinski definition) is 0. The second kappa shape index (κ2) is 4.66. The molecule has 0 aliphatic carbocycles. The number of alkyl halides is 2. The van der Waals surface area contributed by atoms with Crippen LogP contribution in [0.4, 0.5) is 8.78 Å². The van der Waals surface area contributed by atoms with Crippen LogP contribution in [-0.4, -0.2) is 18.1 Å². The Morgan fingerprint density at radius 2 is 2.25 bits per heavy atom. The molecule has 4 nitrogen and oxygen atoms in total. The predicted octanol–water partition coefficient (Wildman–Crippen LogP) is 1.99. The lowest BCUT2D eigenvalue weighted by atomic mass is 10.1. The third-order valence-electron chi connectivity index (χ3n) is 1.98. The van der Waals surface area contributed by atoms with Gasteiger partial charge in [0.05, 0.1) is 23.9 Å². The Balaban J connectivity index is 3.44. The van der Waals surface area contributed by atoms with E-state index >= 15 is 0 Å². The van der Waals surface area contributed by atoms with Crippen LogP contribution in [0.2, 0.25) is 0 Å². The highest BCUT2D eigenvalue weighted by molar-refractivity contribution is 5.91. The number of nitriles is 1. The van der Waals surface area contributed by atoms with Gasteiger partial charge in [-0.2, -0.15) is 5.26 Å². The first-order valence-electron chi connectivity index (χ1n) is 4.29. The fraction of sp³-hybridized carbons (Fsp3) is 0.300. The standard InChI is InChI=1S/C10H8F2N2O2/c1-5-6(4-13)3-7(10(15)16-2)8(14-5)9(11)12/h3,9H,1-2H3. The number of methoxy groups -OCH3 is 1. The number of carbonyl (C=O) groups is 1. The molecular formula is C10H8F2N2O2. The van der Waals surface area contributed by atoms with Crippen molar-refractivity contribution < 1.29 is 18.3 Å². The van der Waals surface area contributed by atoms with E-state index in [9.17, 15) is 13.6 Å². The highest BCUT2D eigenvalue weighted by atomic mass is 19.3. The highest BCUT2D eigenvalue weighted by Gasteiger charge is 2.22. The molecule has 6 heteroatoms. The Morgan fingerprint density at radius 3 is 2.69 bits per heavy atom. The Hall–Kier alpha value is -2.03. The third kappa shape index (κ3) is 2.14. The number of pyridine rings is 1. The van der Waals surface area contributed by atoms with Gasteiger partial charge in [-0.05, 0) is 13.0 Å². The Labute approximate surface area is 90.5 Å². The topological polar surface area (TPSA) is 63.0 Å². The van der Waals surface area contributed by atoms with E-state index in [2.05, 4.69) is 9.72 Å². The number of nitrogens with zero attached hydrogens (tertiary/aromatic N) is 2. The van der Waals surface area contributed by atoms with Crippen LogP contribution in [-0.2, 0) is 4.74 Å². The quantitative estimate of drug-likeness (QED) is 0.723. The van der Waals surface area contributed by atoms with Gasteiger partial charge >= 0.3 is 5.97 Å². The monoisotopic (exact) mass is 226 g/mol. The molecule has 0 aliphatic heterocycles. The first kappa shape index (κ1) is 12.0. The predicted molar refractivity (Wildman–Crippen MR) is 50.0 cm³/mol. The van der Waals surface area contributed by atoms with E-state index in [0.29, 0.717) is 0 Å². The van der Waals surface area contributed by atoms with Crippen molar-refractivity contribution in [1.82, 2.24) is 4.98 Å². The maximum atomic E-state index is 12.6. The normalized spacial score (nSPS) is 10.0. The minimum absolute atomic E-state index is 0.0739. The average molecular weight is 226 g/mol. The van der Waals surface area contributed by atoms with Crippen LogP contribution < -0.4 is 0 Å². The van der Waals surface area contributed by atoms with Crippen molar-refractivity contribution in [2.24, 2.45) is 0 Å². The second-order valence-electron chi connectivity index (χ2n) is 2.96. The number of hydrogen-bond acceptors (Lipinski definition) is 4. The summed E-state index contributed by atoms with van der Waals surface area (Å²) in [7, 11) is 1.07. The molecule has 0 spiro atoms. The molecule has 0 fully saturated rings. The number of esters is 1. The van der Waals surface area contributed by atoms with Gasteiger partial charge in [-0.3, -0.25) is 0 Å². The van der Waals surface area contributed by atoms with E-state index in [1.807, 2.05) is 0 Å². The zero-order valence-electron chi connectivity index (χ0n) is 8.62. The largest absolute Gasteiger partial charge is 0.465 e. The Morgan fingerprint density at radius 1 is 1.62 bits per heavy atom. The van der Waals surface area contributed by atoms with Gasteiger partial charge in [0.25, 0.3) is 6.43 Å². The molecule has 0 atom stereocenters. The Bertz CT molecular complexity index is 467. The van der Waals surface area contributed by atoms with Crippen molar-refractivity contribution in [3.63, 3.8) is 0 Å². The molecule has 0 bridgehead atoms. The average Bonchev–Trinajstić information content (AvgIpc) is 2.27. The van der Waals surface area contributed by atoms with Crippen LogP contribution in [0.1, 0.15) is 33.7 Å². The molecule has 84 valence electrons. The van der Waals surface area contributed by atoms with Crippen molar-refractivity contribution in [3.8, 4) is 6.07 Å². The zero-order valence-corrected chi connectivity index (χ0v) is 8.62. The minimum Gasteiger partial charge on any atom is -0.465 e. The molecule has 0 radical (unpaired) electrons. The molecule has 0 unspecified atom stereocenters. The van der Waals surface area contributed by atoms with Crippen LogP contribution in [0.15, 0.2) is 6.07 Å². The summed E-state index contributed by atoms with van der Waals surface area (Å²) in [6.45, 7) is 1.42. The number of aromatic nitrogens is 1. The molecule has 0 amide bonds. The molecule has 0 saturated carbocycles. The van der Waals surface area contributed by atoms with Gasteiger partial charge in [0, 0.05) is 0 Å². The van der Waals surface area contributed by atoms with Crippen LogP contribution in [0, 0.1) is 18.3 Å². The number of carbonyl (C=O) groups excluding carboxylic acids is 1. The molecule has 0 aliphatic rings. The second-order valence-corrected chi connectivity index (χ2v) is 2.96. The number of ether oxygens (including phenoxy) is 1. The molecule has 1 aromatic heterocycles. The lowest BCUT2D eigenvalue weighted by molar-refractivity contribution is 0.0587. The Kier molecular flexibility index (Phi) is 3.51. The van der Waals surface area contributed by atoms with Crippen molar-refractivity contribution in [2.45, 2.75) is 13.3 Å². The van der Waals surface area contributed by atoms with Gasteiger partial charge in [0.1, 0.15) is 11.8 Å². The van der Waals surface area contributed by atoms with E-state index in [1.165, 1.54) is 6.92 Å². The van der Waals surface area contributed by atoms with Gasteiger partial charge in [0.15, 0.2) is 0 Å². The summed E-state index contributed by atoms with van der Waals surface area (Å²) in [6.07, 6.45) is -2.89.